The van der Waals surface area contributed by atoms with Gasteiger partial charge in [0.15, 0.2) is 11.5 Å². The number of para-hydroxylation sites is 1. The highest BCUT2D eigenvalue weighted by molar-refractivity contribution is 6.06. The minimum absolute atomic E-state index is 0.119. The minimum atomic E-state index is -4.29. The van der Waals surface area contributed by atoms with E-state index in [1.165, 1.54) is 0 Å². The van der Waals surface area contributed by atoms with Crippen molar-refractivity contribution in [1.82, 2.24) is 0 Å². The molecule has 3 nitrogen and oxygen atoms in total. The molecule has 0 bridgehead atoms. The average Bonchev–Trinajstić information content (AvgIpc) is 0.652. The van der Waals surface area contributed by atoms with Crippen LogP contribution in [-0.2, 0) is 5.41 Å². The summed E-state index contributed by atoms with van der Waals surface area (Å²) in [6, 6.07) is -42.1. The lowest BCUT2D eigenvalue weighted by molar-refractivity contribution is 0.472. The average molecular weight is 785 g/mol. The fourth-order valence-electron chi connectivity index (χ4n) is 6.50. The second kappa shape index (κ2) is 13.4. The highest BCUT2D eigenvalue weighted by Gasteiger charge is 2.43. The third-order valence-electron chi connectivity index (χ3n) is 8.99. The van der Waals surface area contributed by atoms with E-state index in [0.29, 0.717) is 4.90 Å². The normalized spacial score (nSPS) is 23.4. The number of anilines is 6. The molecule has 0 aromatic heterocycles. The van der Waals surface area contributed by atoms with Crippen LogP contribution in [0.5, 0.6) is 11.5 Å². The zero-order valence-electron chi connectivity index (χ0n) is 68.8. The molecule has 11 rings (SSSR count). The minimum Gasteiger partial charge on any atom is -0.453 e. The molecule has 0 unspecified atom stereocenters. The van der Waals surface area contributed by atoms with Crippen molar-refractivity contribution < 1.29 is 59.6 Å². The quantitative estimate of drug-likeness (QED) is 0.167. The molecular formula is C55H40N2O. The van der Waals surface area contributed by atoms with Crippen LogP contribution in [0.15, 0.2) is 205 Å². The van der Waals surface area contributed by atoms with Crippen LogP contribution in [0.4, 0.5) is 34.1 Å². The Balaban J connectivity index is 1.36. The second-order valence-electron chi connectivity index (χ2n) is 12.3. The Hall–Kier alpha value is -7.36. The Morgan fingerprint density at radius 1 is 0.466 bits per heavy atom. The number of rotatable bonds is 6. The van der Waals surface area contributed by atoms with Gasteiger partial charge in [0.25, 0.3) is 0 Å². The van der Waals surface area contributed by atoms with Gasteiger partial charge in [-0.15, -0.1) is 0 Å². The van der Waals surface area contributed by atoms with Gasteiger partial charge in [-0.2, -0.15) is 0 Å². The predicted octanol–water partition coefficient (Wildman–Crippen LogP) is 15.5. The molecular weight excluding hydrogens is 705 g/mol. The zero-order valence-corrected chi connectivity index (χ0v) is 28.8. The van der Waals surface area contributed by atoms with Gasteiger partial charge in [0, 0.05) is 36.1 Å². The van der Waals surface area contributed by atoms with Crippen LogP contribution in [0.3, 0.4) is 0 Å². The molecule has 0 aliphatic carbocycles. The second-order valence-corrected chi connectivity index (χ2v) is 12.3. The van der Waals surface area contributed by atoms with Gasteiger partial charge in [-0.25, -0.2) is 0 Å². The van der Waals surface area contributed by atoms with Crippen LogP contribution < -0.4 is 14.5 Å². The van der Waals surface area contributed by atoms with E-state index in [0.717, 1.165) is 0 Å². The topological polar surface area (TPSA) is 15.7 Å². The highest BCUT2D eigenvalue weighted by Crippen LogP contribution is 2.62. The smallest absolute Gasteiger partial charge is 0.152 e. The van der Waals surface area contributed by atoms with Crippen LogP contribution in [-0.4, -0.2) is 0 Å². The summed E-state index contributed by atoms with van der Waals surface area (Å²) < 4.78 is 373. The molecule has 0 radical (unpaired) electrons. The van der Waals surface area contributed by atoms with Crippen molar-refractivity contribution in [2.45, 2.75) is 19.1 Å². The third-order valence-corrected chi connectivity index (χ3v) is 8.99. The first-order valence-electron chi connectivity index (χ1n) is 36.7. The maximum absolute atomic E-state index is 9.99. The molecule has 0 fully saturated rings. The summed E-state index contributed by atoms with van der Waals surface area (Å²) in [7, 11) is 0. The first-order chi connectivity index (χ1) is 45.2. The van der Waals surface area contributed by atoms with E-state index in [4.69, 9.17) is 26.7 Å². The van der Waals surface area contributed by atoms with Crippen LogP contribution in [0.25, 0.3) is 44.2 Å². The van der Waals surface area contributed by atoms with Gasteiger partial charge in [-0.1, -0.05) is 165 Å². The largest absolute Gasteiger partial charge is 0.453 e. The first-order valence-corrected chi connectivity index (χ1v) is 16.7. The lowest BCUT2D eigenvalue weighted by Gasteiger charge is -2.46. The van der Waals surface area contributed by atoms with Gasteiger partial charge in [0.1, 0.15) is 0 Å². The fraction of sp³-hybridized carbons (Fsp3) is 0.0545. The number of ether oxygens (including phenoxy) is 1. The lowest BCUT2D eigenvalue weighted by Crippen LogP contribution is -2.33. The summed E-state index contributed by atoms with van der Waals surface area (Å²) in [6.45, 7) is -8.59. The molecule has 0 saturated carbocycles. The van der Waals surface area contributed by atoms with E-state index in [-0.39, 0.29) is 4.90 Å². The summed E-state index contributed by atoms with van der Waals surface area (Å²) in [4.78, 5) is 0.681. The first kappa shape index (κ1) is 12.3. The van der Waals surface area contributed by atoms with Crippen LogP contribution >= 0.6 is 0 Å². The predicted molar refractivity (Wildman–Crippen MR) is 242 cm³/mol. The van der Waals surface area contributed by atoms with E-state index in [9.17, 15) is 32.9 Å². The summed E-state index contributed by atoms with van der Waals surface area (Å²) in [5, 5.41) is -1.58. The molecule has 9 aromatic rings. The molecule has 3 heteroatoms. The Morgan fingerprint density at radius 3 is 1.62 bits per heavy atom. The molecule has 2 aliphatic heterocycles. The van der Waals surface area contributed by atoms with Crippen LogP contribution in [0, 0.1) is 0 Å². The molecule has 2 aliphatic rings. The zero-order chi connectivity index (χ0) is 73.4. The summed E-state index contributed by atoms with van der Waals surface area (Å²) in [6.07, 6.45) is 0. The van der Waals surface area contributed by atoms with Gasteiger partial charge in [0.05, 0.1) is 63.7 Å². The van der Waals surface area contributed by atoms with Crippen molar-refractivity contribution in [3.63, 3.8) is 0 Å². The van der Waals surface area contributed by atoms with E-state index in [1.807, 2.05) is 0 Å². The van der Waals surface area contributed by atoms with E-state index in [1.54, 1.807) is 0 Å². The molecule has 0 N–H and O–H groups in total. The molecule has 0 atom stereocenters. The Morgan fingerprint density at radius 2 is 1.00 bits per heavy atom. The summed E-state index contributed by atoms with van der Waals surface area (Å²) in [5.41, 5.74) is -21.1. The number of fused-ring (bicyclic) bond motifs is 6. The van der Waals surface area contributed by atoms with Crippen molar-refractivity contribution in [3.05, 3.63) is 217 Å². The van der Waals surface area contributed by atoms with Gasteiger partial charge < -0.3 is 14.5 Å². The Bertz CT molecular complexity index is 4930. The number of hydrogen-bond donors (Lipinski definition) is 0. The molecule has 9 aromatic carbocycles. The lowest BCUT2D eigenvalue weighted by atomic mass is 9.70. The van der Waals surface area contributed by atoms with Gasteiger partial charge >= 0.3 is 0 Å². The number of benzene rings is 9. The van der Waals surface area contributed by atoms with Crippen molar-refractivity contribution in [2.24, 2.45) is 0 Å². The number of nitrogens with zero attached hydrogens (tertiary/aromatic N) is 2. The Kier molecular flexibility index (Phi) is 2.85. The van der Waals surface area contributed by atoms with Crippen molar-refractivity contribution in [2.75, 3.05) is 9.80 Å². The summed E-state index contributed by atoms with van der Waals surface area (Å²) in [5.74, 6) is -2.02. The molecule has 276 valence electrons. The maximum Gasteiger partial charge on any atom is 0.152 e. The van der Waals surface area contributed by atoms with Crippen LogP contribution in [0.2, 0.25) is 0 Å². The highest BCUT2D eigenvalue weighted by atomic mass is 16.5. The van der Waals surface area contributed by atoms with Crippen LogP contribution in [0.1, 0.15) is 79.7 Å². The van der Waals surface area contributed by atoms with Crippen molar-refractivity contribution >= 4 is 44.9 Å². The molecule has 0 amide bonds. The molecule has 0 saturated heterocycles. The van der Waals surface area contributed by atoms with E-state index >= 15 is 0 Å². The third kappa shape index (κ3) is 5.43. The van der Waals surface area contributed by atoms with Crippen molar-refractivity contribution in [1.29, 1.82) is 0 Å². The monoisotopic (exact) mass is 785 g/mol. The van der Waals surface area contributed by atoms with E-state index < -0.39 is 325 Å². The van der Waals surface area contributed by atoms with Gasteiger partial charge in [-0.05, 0) is 104 Å². The van der Waals surface area contributed by atoms with E-state index in [2.05, 4.69) is 0 Å². The number of hydrogen-bond acceptors (Lipinski definition) is 3. The van der Waals surface area contributed by atoms with Gasteiger partial charge in [-0.3, -0.25) is 0 Å². The van der Waals surface area contributed by atoms with Gasteiger partial charge in [0.2, 0.25) is 0 Å². The standard InChI is InChI=1S/C55H40N2O/c1-55(2)48-20-12-22-50-54(48)57(53-47-18-10-9-17-41(47)29-36-51(53)58-50)49-21-11-19-46(52(49)55)42-27-34-45(35-28-42)56(43-30-23-39(24-31-43)37-13-5-3-6-14-37)44-32-25-40(26-33-44)38-15-7-4-8-16-38/h3-36H,1-2H3/i1D3,2D3,3D,4D,5D,6D,7D,8D,9D,10D,11D,12D,13D,14D,15D,16D,17D,18D,19D,20D,21D,22D,23D,24D,25D,26D,27D,28D,29D,30D,31D,32D,33D,34D,35D,36D. The summed E-state index contributed by atoms with van der Waals surface area (Å²) >= 11 is 0. The SMILES string of the molecule is [2H]c1c([2H])c([2H])c(-c2c([2H])c([2H])c(N(c3c([2H])c([2H])c(-c4c([2H])c([2H])c([2H])c([2H])c4[2H])c([2H])c3[2H])c3c([2H])c([2H])c(-c4c([2H])c([2H])c([2H])c5c4C(C([2H])([2H])[2H])(C([2H])([2H])[2H])c4c([2H])c([2H])c([2H])c6c4N5c4c(c([2H])c([2H])c5c([2H])c([2H])c([2H])c([2H])c45)O6)c([2H])c3[2H])c([2H])c2[2H])c([2H])c1[2H]. The Labute approximate surface area is 395 Å². The fourth-order valence-corrected chi connectivity index (χ4v) is 6.50. The molecule has 58 heavy (non-hydrogen) atoms. The maximum atomic E-state index is 9.99. The molecule has 0 spiro atoms. The van der Waals surface area contributed by atoms with Crippen molar-refractivity contribution in [3.8, 4) is 44.9 Å². The molecule has 2 heterocycles.